The van der Waals surface area contributed by atoms with Crippen LogP contribution in [0.5, 0.6) is 0 Å². The Kier molecular flexibility index (Phi) is 1.95. The second-order valence-corrected chi connectivity index (χ2v) is 1.83. The summed E-state index contributed by atoms with van der Waals surface area (Å²) in [6.45, 7) is 0. The van der Waals surface area contributed by atoms with E-state index >= 15 is 0 Å². The van der Waals surface area contributed by atoms with Crippen LogP contribution >= 0.6 is 0 Å². The molecule has 0 amide bonds. The van der Waals surface area contributed by atoms with Crippen molar-refractivity contribution in [2.24, 2.45) is 0 Å². The number of halogens is 5. The normalized spacial score (nSPS) is 11.8. The predicted octanol–water partition coefficient (Wildman–Crippen LogP) is 1.77. The third kappa shape index (κ3) is 1.66. The summed E-state index contributed by atoms with van der Waals surface area (Å²) in [4.78, 5) is 4.84. The van der Waals surface area contributed by atoms with Gasteiger partial charge in [-0.25, -0.2) is 9.97 Å². The molecule has 7 heteroatoms. The molecule has 0 bridgehead atoms. The van der Waals surface area contributed by atoms with Gasteiger partial charge >= 0.3 is 6.18 Å². The summed E-state index contributed by atoms with van der Waals surface area (Å²) in [7, 11) is 0. The van der Waals surface area contributed by atoms with Crippen LogP contribution < -0.4 is 0 Å². The summed E-state index contributed by atoms with van der Waals surface area (Å²) in [5.74, 6) is -3.30. The molecule has 1 aromatic heterocycles. The lowest BCUT2D eigenvalue weighted by atomic mass is 10.4. The summed E-state index contributed by atoms with van der Waals surface area (Å²) < 4.78 is 59.4. The van der Waals surface area contributed by atoms with Crippen molar-refractivity contribution in [3.63, 3.8) is 0 Å². The van der Waals surface area contributed by atoms with Crippen molar-refractivity contribution in [1.29, 1.82) is 0 Å². The van der Waals surface area contributed by atoms with E-state index in [0.717, 1.165) is 0 Å². The van der Waals surface area contributed by atoms with Crippen molar-refractivity contribution in [2.75, 3.05) is 0 Å². The molecule has 0 aromatic carbocycles. The molecule has 66 valence electrons. The molecule has 0 aliphatic heterocycles. The van der Waals surface area contributed by atoms with E-state index in [4.69, 9.17) is 0 Å². The van der Waals surface area contributed by atoms with Gasteiger partial charge in [-0.05, 0) is 0 Å². The lowest BCUT2D eigenvalue weighted by molar-refractivity contribution is -0.144. The van der Waals surface area contributed by atoms with Crippen LogP contribution in [0.1, 0.15) is 5.69 Å². The maximum Gasteiger partial charge on any atom is 0.438 e. The van der Waals surface area contributed by atoms with Crippen LogP contribution in [-0.2, 0) is 6.18 Å². The molecule has 12 heavy (non-hydrogen) atoms. The Morgan fingerprint density at radius 1 is 1.17 bits per heavy atom. The first-order valence-corrected chi connectivity index (χ1v) is 2.66. The molecule has 0 aliphatic carbocycles. The van der Waals surface area contributed by atoms with Crippen LogP contribution in [0.2, 0.25) is 0 Å². The zero-order valence-electron chi connectivity index (χ0n) is 5.36. The summed E-state index contributed by atoms with van der Waals surface area (Å²) in [6.07, 6.45) is -4.75. The third-order valence-electron chi connectivity index (χ3n) is 0.967. The van der Waals surface area contributed by atoms with Gasteiger partial charge in [0.2, 0.25) is 17.6 Å². The van der Waals surface area contributed by atoms with Gasteiger partial charge in [0.25, 0.3) is 0 Å². The van der Waals surface area contributed by atoms with Gasteiger partial charge in [-0.1, -0.05) is 0 Å². The van der Waals surface area contributed by atoms with E-state index in [1.165, 1.54) is 0 Å². The molecule has 0 unspecified atom stereocenters. The van der Waals surface area contributed by atoms with Gasteiger partial charge in [0.15, 0.2) is 0 Å². The molecule has 1 rings (SSSR count). The molecule has 0 atom stereocenters. The molecule has 0 N–H and O–H groups in total. The predicted molar refractivity (Wildman–Crippen MR) is 26.9 cm³/mol. The van der Waals surface area contributed by atoms with E-state index in [9.17, 15) is 22.0 Å². The van der Waals surface area contributed by atoms with Crippen LogP contribution in [-0.4, -0.2) is 9.97 Å². The highest BCUT2D eigenvalue weighted by Gasteiger charge is 2.37. The monoisotopic (exact) mass is 184 g/mol. The summed E-state index contributed by atoms with van der Waals surface area (Å²) >= 11 is 0. The summed E-state index contributed by atoms with van der Waals surface area (Å²) in [6, 6.07) is 0. The molecule has 0 saturated carbocycles. The minimum absolute atomic E-state index is 0.268. The van der Waals surface area contributed by atoms with Crippen LogP contribution in [0.25, 0.3) is 0 Å². The summed E-state index contributed by atoms with van der Waals surface area (Å²) in [5, 5.41) is 0. The van der Waals surface area contributed by atoms with E-state index in [1.54, 1.807) is 0 Å². The molecule has 0 radical (unpaired) electrons. The van der Waals surface area contributed by atoms with Gasteiger partial charge in [0.1, 0.15) is 0 Å². The maximum absolute atomic E-state index is 12.2. The Bertz CT molecular complexity index is 294. The Morgan fingerprint density at radius 2 is 1.75 bits per heavy atom. The van der Waals surface area contributed by atoms with Crippen molar-refractivity contribution >= 4 is 0 Å². The zero-order chi connectivity index (χ0) is 9.35. The van der Waals surface area contributed by atoms with Crippen molar-refractivity contribution in [3.05, 3.63) is 23.8 Å². The van der Waals surface area contributed by atoms with Crippen LogP contribution in [0.4, 0.5) is 22.0 Å². The third-order valence-corrected chi connectivity index (χ3v) is 0.967. The number of hydrogen-bond donors (Lipinski definition) is 0. The number of aromatic nitrogens is 2. The number of nitrogens with zero attached hydrogens (tertiary/aromatic N) is 2. The Morgan fingerprint density at radius 3 is 2.17 bits per heavy atom. The van der Waals surface area contributed by atoms with Crippen molar-refractivity contribution in [1.82, 2.24) is 9.97 Å². The fourth-order valence-corrected chi connectivity index (χ4v) is 0.533. The quantitative estimate of drug-likeness (QED) is 0.574. The number of hydrogen-bond acceptors (Lipinski definition) is 2. The second kappa shape index (κ2) is 2.65. The van der Waals surface area contributed by atoms with Gasteiger partial charge in [-0.15, -0.1) is 0 Å². The molecule has 1 heterocycles. The Balaban J connectivity index is 3.23. The zero-order valence-corrected chi connectivity index (χ0v) is 5.36. The molecular formula is C5HF5N2. The number of rotatable bonds is 0. The fourth-order valence-electron chi connectivity index (χ4n) is 0.533. The Labute approximate surface area is 63.1 Å². The first-order valence-electron chi connectivity index (χ1n) is 2.66. The van der Waals surface area contributed by atoms with Gasteiger partial charge in [0.05, 0.1) is 6.20 Å². The minimum atomic E-state index is -5.01. The lowest BCUT2D eigenvalue weighted by Crippen LogP contribution is -2.13. The van der Waals surface area contributed by atoms with Crippen LogP contribution in [0.15, 0.2) is 6.20 Å². The second-order valence-electron chi connectivity index (χ2n) is 1.83. The largest absolute Gasteiger partial charge is 0.438 e. The van der Waals surface area contributed by atoms with E-state index in [2.05, 4.69) is 9.97 Å². The molecule has 0 aliphatic rings. The highest BCUT2D eigenvalue weighted by Crippen LogP contribution is 2.28. The highest BCUT2D eigenvalue weighted by atomic mass is 19.4. The average Bonchev–Trinajstić information content (AvgIpc) is 1.92. The standard InChI is InChI=1S/C5HF5N2/c6-2-1-11-4(7)3(12-2)5(8,9)10/h1H. The smallest absolute Gasteiger partial charge is 0.222 e. The summed E-state index contributed by atoms with van der Waals surface area (Å²) in [5.41, 5.74) is -1.94. The first kappa shape index (κ1) is 8.82. The highest BCUT2D eigenvalue weighted by molar-refractivity contribution is 5.02. The SMILES string of the molecule is Fc1cnc(F)c(C(F)(F)F)n1. The van der Waals surface area contributed by atoms with Gasteiger partial charge in [-0.2, -0.15) is 22.0 Å². The van der Waals surface area contributed by atoms with Gasteiger partial charge in [0, 0.05) is 0 Å². The van der Waals surface area contributed by atoms with Gasteiger partial charge < -0.3 is 0 Å². The first-order chi connectivity index (χ1) is 5.41. The fraction of sp³-hybridized carbons (Fsp3) is 0.200. The van der Waals surface area contributed by atoms with Crippen LogP contribution in [0, 0.1) is 11.9 Å². The minimum Gasteiger partial charge on any atom is -0.222 e. The Hall–Kier alpha value is -1.27. The van der Waals surface area contributed by atoms with E-state index < -0.39 is 23.8 Å². The molecular weight excluding hydrogens is 183 g/mol. The van der Waals surface area contributed by atoms with E-state index in [-0.39, 0.29) is 6.20 Å². The molecule has 2 nitrogen and oxygen atoms in total. The molecule has 1 aromatic rings. The van der Waals surface area contributed by atoms with Crippen LogP contribution in [0.3, 0.4) is 0 Å². The van der Waals surface area contributed by atoms with Crippen molar-refractivity contribution in [2.45, 2.75) is 6.18 Å². The molecule has 0 fully saturated rings. The van der Waals surface area contributed by atoms with E-state index in [0.29, 0.717) is 0 Å². The average molecular weight is 184 g/mol. The van der Waals surface area contributed by atoms with Crippen molar-refractivity contribution < 1.29 is 22.0 Å². The van der Waals surface area contributed by atoms with Crippen molar-refractivity contribution in [3.8, 4) is 0 Å². The topological polar surface area (TPSA) is 25.8 Å². The lowest BCUT2D eigenvalue weighted by Gasteiger charge is -2.04. The molecule has 0 saturated heterocycles. The number of alkyl halides is 3. The molecule has 0 spiro atoms. The van der Waals surface area contributed by atoms with E-state index in [1.807, 2.05) is 0 Å². The van der Waals surface area contributed by atoms with Gasteiger partial charge in [-0.3, -0.25) is 0 Å². The maximum atomic E-state index is 12.2.